The van der Waals surface area contributed by atoms with Gasteiger partial charge in [0.05, 0.1) is 6.61 Å². The van der Waals surface area contributed by atoms with Crippen molar-refractivity contribution in [2.45, 2.75) is 32.1 Å². The summed E-state index contributed by atoms with van der Waals surface area (Å²) < 4.78 is 10.2. The van der Waals surface area contributed by atoms with E-state index in [1.165, 1.54) is 11.8 Å². The van der Waals surface area contributed by atoms with Gasteiger partial charge in [-0.15, -0.1) is 0 Å². The van der Waals surface area contributed by atoms with Gasteiger partial charge < -0.3 is 15.2 Å². The molecule has 0 bridgehead atoms. The summed E-state index contributed by atoms with van der Waals surface area (Å²) in [5, 5.41) is -0.210. The van der Waals surface area contributed by atoms with Gasteiger partial charge >= 0.3 is 5.30 Å². The first-order valence-corrected chi connectivity index (χ1v) is 5.41. The summed E-state index contributed by atoms with van der Waals surface area (Å²) in [5.41, 5.74) is 5.63. The predicted molar refractivity (Wildman–Crippen MR) is 51.6 cm³/mol. The van der Waals surface area contributed by atoms with Gasteiger partial charge in [0.15, 0.2) is 0 Å². The van der Waals surface area contributed by atoms with E-state index in [1.54, 1.807) is 0 Å². The van der Waals surface area contributed by atoms with Gasteiger partial charge in [0.2, 0.25) is 0 Å². The molecule has 2 N–H and O–H groups in total. The molecule has 0 saturated carbocycles. The van der Waals surface area contributed by atoms with E-state index in [9.17, 15) is 4.79 Å². The number of carbonyl (C=O) groups is 1. The molecule has 0 aromatic rings. The first kappa shape index (κ1) is 10.8. The van der Waals surface area contributed by atoms with Crippen molar-refractivity contribution in [3.63, 3.8) is 0 Å². The highest BCUT2D eigenvalue weighted by Gasteiger charge is 2.24. The maximum absolute atomic E-state index is 10.7. The van der Waals surface area contributed by atoms with E-state index in [-0.39, 0.29) is 17.6 Å². The highest BCUT2D eigenvalue weighted by atomic mass is 32.2. The van der Waals surface area contributed by atoms with Crippen LogP contribution >= 0.6 is 11.8 Å². The highest BCUT2D eigenvalue weighted by molar-refractivity contribution is 8.13. The first-order valence-electron chi connectivity index (χ1n) is 4.43. The van der Waals surface area contributed by atoms with Crippen molar-refractivity contribution in [2.75, 3.05) is 12.4 Å². The van der Waals surface area contributed by atoms with Gasteiger partial charge in [-0.3, -0.25) is 0 Å². The third-order valence-corrected chi connectivity index (χ3v) is 2.59. The van der Waals surface area contributed by atoms with Crippen LogP contribution in [0.25, 0.3) is 0 Å². The highest BCUT2D eigenvalue weighted by Crippen LogP contribution is 2.19. The average molecular weight is 205 g/mol. The lowest BCUT2D eigenvalue weighted by Gasteiger charge is -2.14. The van der Waals surface area contributed by atoms with Gasteiger partial charge in [-0.05, 0) is 18.2 Å². The van der Waals surface area contributed by atoms with E-state index in [0.29, 0.717) is 12.4 Å². The normalized spacial score (nSPS) is 24.5. The zero-order valence-corrected chi connectivity index (χ0v) is 8.51. The predicted octanol–water partition coefficient (Wildman–Crippen LogP) is 1.34. The molecule has 0 spiro atoms. The van der Waals surface area contributed by atoms with Crippen LogP contribution < -0.4 is 5.73 Å². The maximum Gasteiger partial charge on any atom is 0.367 e. The lowest BCUT2D eigenvalue weighted by molar-refractivity contribution is -0.00106. The van der Waals surface area contributed by atoms with E-state index >= 15 is 0 Å². The Balaban J connectivity index is 2.08. The second-order valence-corrected chi connectivity index (χ2v) is 3.92. The zero-order chi connectivity index (χ0) is 9.68. The average Bonchev–Trinajstić information content (AvgIpc) is 2.49. The van der Waals surface area contributed by atoms with Crippen LogP contribution in [0.2, 0.25) is 0 Å². The summed E-state index contributed by atoms with van der Waals surface area (Å²) in [6, 6.07) is 0. The molecule has 1 aliphatic heterocycles. The van der Waals surface area contributed by atoms with Crippen molar-refractivity contribution >= 4 is 17.1 Å². The first-order chi connectivity index (χ1) is 6.22. The van der Waals surface area contributed by atoms with Crippen molar-refractivity contribution in [3.8, 4) is 0 Å². The van der Waals surface area contributed by atoms with Crippen molar-refractivity contribution in [1.82, 2.24) is 0 Å². The summed E-state index contributed by atoms with van der Waals surface area (Å²) >= 11 is 1.19. The molecule has 0 amide bonds. The summed E-state index contributed by atoms with van der Waals surface area (Å²) in [7, 11) is 0. The van der Waals surface area contributed by atoms with Gasteiger partial charge in [0, 0.05) is 5.75 Å². The molecule has 1 fully saturated rings. The minimum Gasteiger partial charge on any atom is -0.451 e. The number of carbonyl (C=O) groups excluding carboxylic acids is 1. The smallest absolute Gasteiger partial charge is 0.367 e. The molecule has 1 aliphatic rings. The van der Waals surface area contributed by atoms with Crippen molar-refractivity contribution in [1.29, 1.82) is 0 Å². The summed E-state index contributed by atoms with van der Waals surface area (Å²) in [4.78, 5) is 10.7. The molecular weight excluding hydrogens is 190 g/mol. The molecule has 76 valence electrons. The van der Waals surface area contributed by atoms with E-state index in [4.69, 9.17) is 15.2 Å². The molecule has 13 heavy (non-hydrogen) atoms. The van der Waals surface area contributed by atoms with Crippen LogP contribution in [0.1, 0.15) is 19.8 Å². The van der Waals surface area contributed by atoms with Crippen LogP contribution in [-0.4, -0.2) is 30.0 Å². The number of hydrogen-bond acceptors (Lipinski definition) is 5. The fourth-order valence-electron chi connectivity index (χ4n) is 1.05. The third-order valence-electron chi connectivity index (χ3n) is 1.72. The van der Waals surface area contributed by atoms with E-state index in [0.717, 1.165) is 12.8 Å². The van der Waals surface area contributed by atoms with Gasteiger partial charge in [-0.2, -0.15) is 0 Å². The standard InChI is InChI=1S/C8H15NO3S/c1-2-3-7(9)11-4-6-5-13-8(10)12-6/h6-7H,2-5,9H2,1H3. The fraction of sp³-hybridized carbons (Fsp3) is 0.875. The molecule has 1 rings (SSSR count). The van der Waals surface area contributed by atoms with Crippen molar-refractivity contribution in [3.05, 3.63) is 0 Å². The minimum absolute atomic E-state index is 0.111. The Hall–Kier alpha value is -0.260. The Morgan fingerprint density at radius 2 is 2.62 bits per heavy atom. The SMILES string of the molecule is CCCC(N)OCC1CSC(=O)O1. The summed E-state index contributed by atoms with van der Waals surface area (Å²) in [6.07, 6.45) is 1.50. The van der Waals surface area contributed by atoms with Gasteiger partial charge in [-0.1, -0.05) is 13.3 Å². The second kappa shape index (κ2) is 5.47. The topological polar surface area (TPSA) is 61.5 Å². The van der Waals surface area contributed by atoms with Crippen LogP contribution in [0.5, 0.6) is 0 Å². The van der Waals surface area contributed by atoms with Gasteiger partial charge in [-0.25, -0.2) is 4.79 Å². The molecule has 1 heterocycles. The Labute approximate surface area is 82.1 Å². The second-order valence-electron chi connectivity index (χ2n) is 2.96. The Morgan fingerprint density at radius 1 is 1.85 bits per heavy atom. The van der Waals surface area contributed by atoms with Crippen molar-refractivity contribution < 1.29 is 14.3 Å². The largest absolute Gasteiger partial charge is 0.451 e. The summed E-state index contributed by atoms with van der Waals surface area (Å²) in [5.74, 6) is 0.678. The van der Waals surface area contributed by atoms with Crippen LogP contribution in [0, 0.1) is 0 Å². The number of ether oxygens (including phenoxy) is 2. The van der Waals surface area contributed by atoms with Crippen LogP contribution in [0.3, 0.4) is 0 Å². The quantitative estimate of drug-likeness (QED) is 0.542. The Kier molecular flexibility index (Phi) is 4.55. The van der Waals surface area contributed by atoms with Crippen LogP contribution in [0.4, 0.5) is 4.79 Å². The summed E-state index contributed by atoms with van der Waals surface area (Å²) in [6.45, 7) is 2.47. The minimum atomic E-state index is -0.227. The molecule has 0 aliphatic carbocycles. The monoisotopic (exact) mass is 205 g/mol. The van der Waals surface area contributed by atoms with Crippen LogP contribution in [0.15, 0.2) is 0 Å². The molecule has 0 radical (unpaired) electrons. The number of thioether (sulfide) groups is 1. The molecule has 4 nitrogen and oxygen atoms in total. The van der Waals surface area contributed by atoms with Gasteiger partial charge in [0.25, 0.3) is 0 Å². The fourth-order valence-corrected chi connectivity index (χ4v) is 1.74. The third kappa shape index (κ3) is 3.97. The maximum atomic E-state index is 10.7. The molecule has 2 atom stereocenters. The van der Waals surface area contributed by atoms with Crippen LogP contribution in [-0.2, 0) is 9.47 Å². The Bertz CT molecular complexity index is 177. The number of nitrogens with two attached hydrogens (primary N) is 1. The molecule has 2 unspecified atom stereocenters. The van der Waals surface area contributed by atoms with Crippen molar-refractivity contribution in [2.24, 2.45) is 5.73 Å². The number of rotatable bonds is 5. The molecule has 0 aromatic heterocycles. The lowest BCUT2D eigenvalue weighted by Crippen LogP contribution is -2.29. The molecule has 0 aromatic carbocycles. The van der Waals surface area contributed by atoms with E-state index in [1.807, 2.05) is 0 Å². The van der Waals surface area contributed by atoms with E-state index in [2.05, 4.69) is 6.92 Å². The lowest BCUT2D eigenvalue weighted by atomic mass is 10.3. The number of cyclic esters (lactones) is 1. The zero-order valence-electron chi connectivity index (χ0n) is 7.69. The van der Waals surface area contributed by atoms with Gasteiger partial charge in [0.1, 0.15) is 12.3 Å². The molecule has 1 saturated heterocycles. The molecular formula is C8H15NO3S. The molecule has 5 heteroatoms. The van der Waals surface area contributed by atoms with E-state index < -0.39 is 0 Å². The Morgan fingerprint density at radius 3 is 3.15 bits per heavy atom. The number of hydrogen-bond donors (Lipinski definition) is 1.